The van der Waals surface area contributed by atoms with Gasteiger partial charge in [0.2, 0.25) is 10.0 Å². The van der Waals surface area contributed by atoms with Crippen LogP contribution in [0.25, 0.3) is 0 Å². The van der Waals surface area contributed by atoms with Gasteiger partial charge in [-0.1, -0.05) is 17.7 Å². The van der Waals surface area contributed by atoms with Crippen LogP contribution in [0.2, 0.25) is 5.02 Å². The van der Waals surface area contributed by atoms with Gasteiger partial charge in [-0.15, -0.1) is 0 Å². The molecule has 0 atom stereocenters. The van der Waals surface area contributed by atoms with E-state index in [4.69, 9.17) is 16.3 Å². The number of carbonyl (C=O) groups is 2. The fraction of sp³-hybridized carbons (Fsp3) is 0.300. The van der Waals surface area contributed by atoms with E-state index in [0.29, 0.717) is 16.3 Å². The maximum Gasteiger partial charge on any atom is 0.338 e. The number of anilines is 1. The van der Waals surface area contributed by atoms with Crippen LogP contribution >= 0.6 is 11.6 Å². The van der Waals surface area contributed by atoms with Crippen molar-refractivity contribution in [3.63, 3.8) is 0 Å². The number of halogens is 1. The number of rotatable bonds is 6. The molecule has 0 aromatic heterocycles. The van der Waals surface area contributed by atoms with Gasteiger partial charge in [0.1, 0.15) is 0 Å². The van der Waals surface area contributed by atoms with Crippen LogP contribution in [0.5, 0.6) is 0 Å². The van der Waals surface area contributed by atoms with E-state index >= 15 is 0 Å². The molecule has 2 aromatic rings. The highest BCUT2D eigenvalue weighted by atomic mass is 35.5. The molecule has 0 unspecified atom stereocenters. The first-order valence-corrected chi connectivity index (χ1v) is 10.6. The largest absolute Gasteiger partial charge is 0.452 e. The van der Waals surface area contributed by atoms with Crippen molar-refractivity contribution in [2.45, 2.75) is 38.1 Å². The SMILES string of the molecule is Cc1c(Cl)cccc1NC(=O)COC(=O)c1ccc(S(=O)(=O)NC(C)(C)C)cc1. The molecule has 2 N–H and O–H groups in total. The quantitative estimate of drug-likeness (QED) is 0.672. The highest BCUT2D eigenvalue weighted by Gasteiger charge is 2.22. The molecule has 2 aromatic carbocycles. The lowest BCUT2D eigenvalue weighted by Gasteiger charge is -2.20. The van der Waals surface area contributed by atoms with E-state index < -0.39 is 34.0 Å². The molecule has 0 saturated carbocycles. The molecule has 0 aliphatic rings. The Balaban J connectivity index is 1.97. The lowest BCUT2D eigenvalue weighted by Crippen LogP contribution is -2.40. The van der Waals surface area contributed by atoms with Gasteiger partial charge in [-0.3, -0.25) is 4.79 Å². The predicted octanol–water partition coefficient (Wildman–Crippen LogP) is 3.52. The molecule has 7 nitrogen and oxygen atoms in total. The van der Waals surface area contributed by atoms with Crippen molar-refractivity contribution in [1.29, 1.82) is 0 Å². The Morgan fingerprint density at radius 2 is 1.69 bits per heavy atom. The highest BCUT2D eigenvalue weighted by molar-refractivity contribution is 7.89. The molecule has 2 rings (SSSR count). The summed E-state index contributed by atoms with van der Waals surface area (Å²) < 4.78 is 32.1. The average Bonchev–Trinajstić information content (AvgIpc) is 2.62. The van der Waals surface area contributed by atoms with E-state index in [1.165, 1.54) is 24.3 Å². The molecule has 0 radical (unpaired) electrons. The number of hydrogen-bond donors (Lipinski definition) is 2. The fourth-order valence-electron chi connectivity index (χ4n) is 2.38. The number of hydrogen-bond acceptors (Lipinski definition) is 5. The van der Waals surface area contributed by atoms with Gasteiger partial charge in [0.15, 0.2) is 6.61 Å². The molecule has 29 heavy (non-hydrogen) atoms. The van der Waals surface area contributed by atoms with E-state index in [2.05, 4.69) is 10.0 Å². The first-order valence-electron chi connectivity index (χ1n) is 8.75. The molecule has 0 fully saturated rings. The Hall–Kier alpha value is -2.42. The number of carbonyl (C=O) groups excluding carboxylic acids is 2. The minimum absolute atomic E-state index is 0.0261. The third-order valence-corrected chi connectivity index (χ3v) is 5.90. The third-order valence-electron chi connectivity index (χ3n) is 3.72. The summed E-state index contributed by atoms with van der Waals surface area (Å²) in [5.74, 6) is -1.26. The summed E-state index contributed by atoms with van der Waals surface area (Å²) in [4.78, 5) is 24.2. The maximum absolute atomic E-state index is 12.3. The monoisotopic (exact) mass is 438 g/mol. The number of amides is 1. The normalized spacial score (nSPS) is 11.8. The van der Waals surface area contributed by atoms with Crippen LogP contribution in [0.15, 0.2) is 47.4 Å². The van der Waals surface area contributed by atoms with Crippen LogP contribution < -0.4 is 10.0 Å². The van der Waals surface area contributed by atoms with Crippen LogP contribution in [0.4, 0.5) is 5.69 Å². The van der Waals surface area contributed by atoms with Gasteiger partial charge in [0.05, 0.1) is 10.5 Å². The Labute approximate surface area is 175 Å². The van der Waals surface area contributed by atoms with E-state index in [9.17, 15) is 18.0 Å². The summed E-state index contributed by atoms with van der Waals surface area (Å²) in [6, 6.07) is 10.4. The third kappa shape index (κ3) is 6.56. The van der Waals surface area contributed by atoms with Gasteiger partial charge in [0, 0.05) is 16.2 Å². The van der Waals surface area contributed by atoms with Gasteiger partial charge in [-0.25, -0.2) is 17.9 Å². The summed E-state index contributed by atoms with van der Waals surface area (Å²) in [5.41, 5.74) is 0.728. The van der Waals surface area contributed by atoms with Gasteiger partial charge in [0.25, 0.3) is 5.91 Å². The van der Waals surface area contributed by atoms with Crippen LogP contribution in [0, 0.1) is 6.92 Å². The molecule has 0 spiro atoms. The molecule has 0 saturated heterocycles. The molecular weight excluding hydrogens is 416 g/mol. The highest BCUT2D eigenvalue weighted by Crippen LogP contribution is 2.22. The van der Waals surface area contributed by atoms with Crippen molar-refractivity contribution in [2.75, 3.05) is 11.9 Å². The summed E-state index contributed by atoms with van der Waals surface area (Å²) >= 11 is 6.00. The van der Waals surface area contributed by atoms with Crippen molar-refractivity contribution in [1.82, 2.24) is 4.72 Å². The molecule has 0 bridgehead atoms. The van der Waals surface area contributed by atoms with Gasteiger partial charge in [-0.2, -0.15) is 0 Å². The molecule has 156 valence electrons. The molecule has 0 heterocycles. The fourth-order valence-corrected chi connectivity index (χ4v) is 3.97. The molecule has 0 aliphatic carbocycles. The number of benzene rings is 2. The molecule has 9 heteroatoms. The Morgan fingerprint density at radius 3 is 2.28 bits per heavy atom. The Kier molecular flexibility index (Phi) is 7.05. The van der Waals surface area contributed by atoms with Crippen LogP contribution in [0.1, 0.15) is 36.7 Å². The van der Waals surface area contributed by atoms with E-state index in [-0.39, 0.29) is 10.5 Å². The minimum atomic E-state index is -3.71. The lowest BCUT2D eigenvalue weighted by atomic mass is 10.1. The standard InChI is InChI=1S/C20H23ClN2O5S/c1-13-16(21)6-5-7-17(13)22-18(24)12-28-19(25)14-8-10-15(11-9-14)29(26,27)23-20(2,3)4/h5-11,23H,12H2,1-4H3,(H,22,24). The summed E-state index contributed by atoms with van der Waals surface area (Å²) in [7, 11) is -3.71. The van der Waals surface area contributed by atoms with Crippen molar-refractivity contribution >= 4 is 39.2 Å². The minimum Gasteiger partial charge on any atom is -0.452 e. The molecule has 1 amide bonds. The van der Waals surface area contributed by atoms with E-state index in [1.807, 2.05) is 0 Å². The van der Waals surface area contributed by atoms with Gasteiger partial charge < -0.3 is 10.1 Å². The smallest absolute Gasteiger partial charge is 0.338 e. The van der Waals surface area contributed by atoms with E-state index in [1.54, 1.807) is 45.9 Å². The van der Waals surface area contributed by atoms with Gasteiger partial charge in [-0.05, 0) is 69.7 Å². The lowest BCUT2D eigenvalue weighted by molar-refractivity contribution is -0.119. The summed E-state index contributed by atoms with van der Waals surface area (Å²) in [6.45, 7) is 6.45. The van der Waals surface area contributed by atoms with Crippen LogP contribution in [-0.4, -0.2) is 32.4 Å². The Morgan fingerprint density at radius 1 is 1.07 bits per heavy atom. The summed E-state index contributed by atoms with van der Waals surface area (Å²) in [5, 5.41) is 3.13. The Bertz CT molecular complexity index is 1010. The van der Waals surface area contributed by atoms with Crippen molar-refractivity contribution in [2.24, 2.45) is 0 Å². The number of sulfonamides is 1. The zero-order chi connectivity index (χ0) is 21.8. The number of nitrogens with one attached hydrogen (secondary N) is 2. The maximum atomic E-state index is 12.3. The first-order chi connectivity index (χ1) is 13.4. The summed E-state index contributed by atoms with van der Waals surface area (Å²) in [6.07, 6.45) is 0. The predicted molar refractivity (Wildman–Crippen MR) is 112 cm³/mol. The zero-order valence-corrected chi connectivity index (χ0v) is 18.1. The zero-order valence-electron chi connectivity index (χ0n) is 16.6. The van der Waals surface area contributed by atoms with E-state index in [0.717, 1.165) is 0 Å². The van der Waals surface area contributed by atoms with Gasteiger partial charge >= 0.3 is 5.97 Å². The second-order valence-corrected chi connectivity index (χ2v) is 9.51. The van der Waals surface area contributed by atoms with Crippen molar-refractivity contribution in [3.8, 4) is 0 Å². The first kappa shape index (κ1) is 22.9. The molecule has 0 aliphatic heterocycles. The molecular formula is C20H23ClN2O5S. The van der Waals surface area contributed by atoms with Crippen molar-refractivity contribution < 1.29 is 22.7 Å². The topological polar surface area (TPSA) is 102 Å². The van der Waals surface area contributed by atoms with Crippen LogP contribution in [0.3, 0.4) is 0 Å². The second kappa shape index (κ2) is 8.94. The second-order valence-electron chi connectivity index (χ2n) is 7.42. The number of ether oxygens (including phenoxy) is 1. The average molecular weight is 439 g/mol. The van der Waals surface area contributed by atoms with Crippen molar-refractivity contribution in [3.05, 3.63) is 58.6 Å². The van der Waals surface area contributed by atoms with Crippen LogP contribution in [-0.2, 0) is 19.6 Å². The number of esters is 1.